The van der Waals surface area contributed by atoms with E-state index in [0.29, 0.717) is 0 Å². The van der Waals surface area contributed by atoms with Crippen LogP contribution in [0.4, 0.5) is 0 Å². The second kappa shape index (κ2) is 3.32. The van der Waals surface area contributed by atoms with E-state index in [4.69, 9.17) is 0 Å². The third-order valence-electron chi connectivity index (χ3n) is 0.866. The highest BCUT2D eigenvalue weighted by Gasteiger charge is 1.92. The van der Waals surface area contributed by atoms with Crippen LogP contribution in [0, 0.1) is 0 Å². The quantitative estimate of drug-likeness (QED) is 0.438. The summed E-state index contributed by atoms with van der Waals surface area (Å²) < 4.78 is 0. The van der Waals surface area contributed by atoms with Crippen molar-refractivity contribution in [1.29, 1.82) is 0 Å². The van der Waals surface area contributed by atoms with Crippen molar-refractivity contribution in [2.24, 2.45) is 0 Å². The molecule has 0 atom stereocenters. The zero-order valence-corrected chi connectivity index (χ0v) is 4.99. The first kappa shape index (κ1) is 6.13. The van der Waals surface area contributed by atoms with Crippen LogP contribution in [0.15, 0.2) is 0 Å². The molecule has 0 aromatic heterocycles. The van der Waals surface area contributed by atoms with Crippen molar-refractivity contribution in [2.75, 3.05) is 0 Å². The van der Waals surface area contributed by atoms with E-state index in [1.807, 2.05) is 0 Å². The largest absolute Gasteiger partial charge is 0.125 e. The number of rotatable bonds is 2. The van der Waals surface area contributed by atoms with Gasteiger partial charge < -0.3 is 0 Å². The van der Waals surface area contributed by atoms with Crippen LogP contribution in [0.5, 0.6) is 0 Å². The van der Waals surface area contributed by atoms with Gasteiger partial charge in [0.25, 0.3) is 0 Å². The third-order valence-corrected chi connectivity index (χ3v) is 0.866. The molecule has 34 valence electrons. The molecule has 0 aromatic rings. The molecule has 0 aliphatic carbocycles. The van der Waals surface area contributed by atoms with Crippen LogP contribution >= 0.6 is 0 Å². The van der Waals surface area contributed by atoms with Crippen molar-refractivity contribution in [3.63, 3.8) is 0 Å². The fourth-order valence-corrected chi connectivity index (χ4v) is 0.577. The van der Waals surface area contributed by atoms with Crippen LogP contribution in [0.25, 0.3) is 0 Å². The van der Waals surface area contributed by atoms with E-state index >= 15 is 0 Å². The Morgan fingerprint density at radius 1 is 1.50 bits per heavy atom. The molecule has 0 aliphatic heterocycles. The van der Waals surface area contributed by atoms with Crippen molar-refractivity contribution in [1.82, 2.24) is 0 Å². The monoisotopic (exact) mass is 82.1 g/mol. The second-order valence-electron chi connectivity index (χ2n) is 2.18. The first-order chi connectivity index (χ1) is 2.77. The van der Waals surface area contributed by atoms with Gasteiger partial charge in [-0.05, 0) is 0 Å². The van der Waals surface area contributed by atoms with Crippen LogP contribution in [0.3, 0.4) is 0 Å². The highest BCUT2D eigenvalue weighted by atomic mass is 13.4. The average Bonchev–Trinajstić information content (AvgIpc) is 1.35. The Morgan fingerprint density at radius 2 is 2.00 bits per heavy atom. The van der Waals surface area contributed by atoms with Gasteiger partial charge >= 0.3 is 0 Å². The van der Waals surface area contributed by atoms with Crippen molar-refractivity contribution in [3.05, 3.63) is 0 Å². The maximum atomic E-state index is 2.25. The minimum Gasteiger partial charge on any atom is -0.0987 e. The molecular weight excluding hydrogens is 69.7 g/mol. The Labute approximate surface area is 41.6 Å². The van der Waals surface area contributed by atoms with Gasteiger partial charge in [0, 0.05) is 0 Å². The van der Waals surface area contributed by atoms with E-state index in [0.717, 1.165) is 6.71 Å². The summed E-state index contributed by atoms with van der Waals surface area (Å²) in [6.45, 7) is 7.63. The van der Waals surface area contributed by atoms with E-state index < -0.39 is 0 Å². The van der Waals surface area contributed by atoms with E-state index in [-0.39, 0.29) is 0 Å². The minimum absolute atomic E-state index is 0.898. The highest BCUT2D eigenvalue weighted by molar-refractivity contribution is 6.67. The minimum atomic E-state index is 0.898. The molecule has 6 heavy (non-hydrogen) atoms. The predicted molar refractivity (Wildman–Crippen MR) is 35.3 cm³/mol. The highest BCUT2D eigenvalue weighted by Crippen LogP contribution is 1.84. The molecule has 0 nitrogen and oxygen atoms in total. The van der Waals surface area contributed by atoms with Crippen molar-refractivity contribution in [2.45, 2.75) is 26.7 Å². The maximum absolute atomic E-state index is 2.25. The van der Waals surface area contributed by atoms with Gasteiger partial charge in [0.15, 0.2) is 0 Å². The molecule has 0 aliphatic rings. The summed E-state index contributed by atoms with van der Waals surface area (Å²) in [4.78, 5) is 0. The van der Waals surface area contributed by atoms with E-state index in [1.54, 1.807) is 0 Å². The number of hydrogen-bond acceptors (Lipinski definition) is 0. The van der Waals surface area contributed by atoms with Crippen molar-refractivity contribution >= 4 is 14.0 Å². The molecule has 0 bridgehead atoms. The molecule has 0 saturated heterocycles. The Balaban J connectivity index is 2.63. The molecular formula is C4H12B2. The smallest absolute Gasteiger partial charge is 0.0987 e. The second-order valence-corrected chi connectivity index (χ2v) is 2.18. The van der Waals surface area contributed by atoms with Gasteiger partial charge in [0.05, 0.1) is 0 Å². The van der Waals surface area contributed by atoms with Crippen molar-refractivity contribution in [3.8, 4) is 0 Å². The van der Waals surface area contributed by atoms with E-state index in [2.05, 4.69) is 20.5 Å². The van der Waals surface area contributed by atoms with Gasteiger partial charge in [-0.2, -0.15) is 0 Å². The first-order valence-electron chi connectivity index (χ1n) is 2.77. The van der Waals surface area contributed by atoms with Gasteiger partial charge in [-0.3, -0.25) is 0 Å². The SMILES string of the molecule is CBCB(C)C. The van der Waals surface area contributed by atoms with Crippen LogP contribution in [0.2, 0.25) is 26.7 Å². The Hall–Kier alpha value is 0.130. The van der Waals surface area contributed by atoms with Crippen LogP contribution in [-0.2, 0) is 0 Å². The molecule has 0 radical (unpaired) electrons. The summed E-state index contributed by atoms with van der Waals surface area (Å²) in [7, 11) is 1.33. The Kier molecular flexibility index (Phi) is 3.40. The lowest BCUT2D eigenvalue weighted by atomic mass is 9.42. The molecule has 2 heteroatoms. The molecule has 0 saturated carbocycles. The normalized spacial score (nSPS) is 7.83. The lowest BCUT2D eigenvalue weighted by Gasteiger charge is -1.89. The van der Waals surface area contributed by atoms with E-state index in [9.17, 15) is 0 Å². The summed E-state index contributed by atoms with van der Waals surface area (Å²) in [5.74, 6) is 0. The van der Waals surface area contributed by atoms with Crippen LogP contribution in [0.1, 0.15) is 0 Å². The zero-order chi connectivity index (χ0) is 4.99. The molecule has 0 heterocycles. The Bertz CT molecular complexity index is 26.7. The summed E-state index contributed by atoms with van der Waals surface area (Å²) in [5, 5.41) is 0. The lowest BCUT2D eigenvalue weighted by molar-refractivity contribution is 1.78. The maximum Gasteiger partial charge on any atom is 0.125 e. The average molecular weight is 81.8 g/mol. The zero-order valence-electron chi connectivity index (χ0n) is 4.99. The van der Waals surface area contributed by atoms with Gasteiger partial charge in [-0.15, -0.1) is 0 Å². The molecule has 0 unspecified atom stereocenters. The fourth-order valence-electron chi connectivity index (χ4n) is 0.577. The van der Waals surface area contributed by atoms with Gasteiger partial charge in [0.1, 0.15) is 14.0 Å². The summed E-state index contributed by atoms with van der Waals surface area (Å²) in [5.41, 5.74) is 0. The topological polar surface area (TPSA) is 0 Å². The predicted octanol–water partition coefficient (Wildman–Crippen LogP) is 1.18. The summed E-state index contributed by atoms with van der Waals surface area (Å²) >= 11 is 0. The Morgan fingerprint density at radius 3 is 2.00 bits per heavy atom. The lowest BCUT2D eigenvalue weighted by Crippen LogP contribution is -2.01. The van der Waals surface area contributed by atoms with E-state index in [1.165, 1.54) is 13.5 Å². The van der Waals surface area contributed by atoms with Gasteiger partial charge in [0.2, 0.25) is 0 Å². The molecule has 0 aromatic carbocycles. The molecule has 0 spiro atoms. The molecule has 0 N–H and O–H groups in total. The van der Waals surface area contributed by atoms with Crippen LogP contribution < -0.4 is 0 Å². The number of hydrogen-bond donors (Lipinski definition) is 0. The third kappa shape index (κ3) is 4.13. The van der Waals surface area contributed by atoms with Gasteiger partial charge in [-0.1, -0.05) is 26.7 Å². The standard InChI is InChI=1S/C4H12B2/c1-5-4-6(2)3/h5H,4H2,1-3H3. The fraction of sp³-hybridized carbons (Fsp3) is 1.00. The first-order valence-corrected chi connectivity index (χ1v) is 2.77. The van der Waals surface area contributed by atoms with Gasteiger partial charge in [-0.25, -0.2) is 0 Å². The molecule has 0 rings (SSSR count). The molecule has 0 fully saturated rings. The summed E-state index contributed by atoms with van der Waals surface area (Å²) in [6.07, 6.45) is 1.38. The van der Waals surface area contributed by atoms with Crippen molar-refractivity contribution < 1.29 is 0 Å². The van der Waals surface area contributed by atoms with Crippen LogP contribution in [-0.4, -0.2) is 14.0 Å². The molecule has 0 amide bonds. The summed E-state index contributed by atoms with van der Waals surface area (Å²) in [6, 6.07) is 0.